The molecule has 4 rings (SSSR count). The van der Waals surface area contributed by atoms with Gasteiger partial charge in [0.25, 0.3) is 0 Å². The molecular formula is C20H20N4S. The Labute approximate surface area is 153 Å². The van der Waals surface area contributed by atoms with E-state index in [0.717, 1.165) is 10.8 Å². The van der Waals surface area contributed by atoms with Crippen molar-refractivity contribution in [3.63, 3.8) is 0 Å². The van der Waals surface area contributed by atoms with Crippen molar-refractivity contribution in [3.8, 4) is 5.69 Å². The van der Waals surface area contributed by atoms with Crippen LogP contribution < -0.4 is 5.32 Å². The van der Waals surface area contributed by atoms with Gasteiger partial charge in [-0.15, -0.1) is 0 Å². The number of aromatic nitrogens is 2. The molecule has 3 aromatic rings. The van der Waals surface area contributed by atoms with Crippen LogP contribution in [0.15, 0.2) is 67.0 Å². The summed E-state index contributed by atoms with van der Waals surface area (Å²) in [6.45, 7) is 2.14. The molecule has 0 bridgehead atoms. The number of hydrogen-bond donors (Lipinski definition) is 1. The van der Waals surface area contributed by atoms with Crippen LogP contribution in [-0.2, 0) is 0 Å². The molecule has 1 N–H and O–H groups in total. The zero-order valence-corrected chi connectivity index (χ0v) is 15.1. The summed E-state index contributed by atoms with van der Waals surface area (Å²) in [5, 5.41) is 4.18. The van der Waals surface area contributed by atoms with Gasteiger partial charge in [0.1, 0.15) is 0 Å². The van der Waals surface area contributed by atoms with Crippen molar-refractivity contribution < 1.29 is 0 Å². The lowest BCUT2D eigenvalue weighted by molar-refractivity contribution is 0.357. The molecule has 3 heterocycles. The fourth-order valence-corrected chi connectivity index (χ4v) is 3.76. The first kappa shape index (κ1) is 15.8. The molecular weight excluding hydrogens is 328 g/mol. The van der Waals surface area contributed by atoms with E-state index in [-0.39, 0.29) is 12.1 Å². The third-order valence-corrected chi connectivity index (χ3v) is 5.20. The molecule has 1 aliphatic heterocycles. The van der Waals surface area contributed by atoms with E-state index in [4.69, 9.17) is 12.2 Å². The van der Waals surface area contributed by atoms with Crippen LogP contribution in [0.3, 0.4) is 0 Å². The average molecular weight is 348 g/mol. The summed E-state index contributed by atoms with van der Waals surface area (Å²) in [5.41, 5.74) is 4.62. The van der Waals surface area contributed by atoms with Gasteiger partial charge < -0.3 is 14.8 Å². The molecule has 1 saturated heterocycles. The summed E-state index contributed by atoms with van der Waals surface area (Å²) in [5.74, 6) is 0. The second kappa shape index (κ2) is 6.33. The Kier molecular flexibility index (Phi) is 4.01. The predicted octanol–water partition coefficient (Wildman–Crippen LogP) is 3.78. The summed E-state index contributed by atoms with van der Waals surface area (Å²) in [6.07, 6.45) is 3.94. The number of nitrogens with one attached hydrogen (secondary N) is 1. The highest BCUT2D eigenvalue weighted by atomic mass is 32.1. The number of pyridine rings is 1. The van der Waals surface area contributed by atoms with Gasteiger partial charge in [0.05, 0.1) is 17.8 Å². The van der Waals surface area contributed by atoms with E-state index in [1.807, 2.05) is 31.4 Å². The smallest absolute Gasteiger partial charge is 0.169 e. The summed E-state index contributed by atoms with van der Waals surface area (Å²) >= 11 is 5.53. The predicted molar refractivity (Wildman–Crippen MR) is 104 cm³/mol. The lowest BCUT2D eigenvalue weighted by atomic mass is 10.0. The zero-order valence-electron chi connectivity index (χ0n) is 14.3. The second-order valence-electron chi connectivity index (χ2n) is 6.33. The van der Waals surface area contributed by atoms with Gasteiger partial charge in [-0.05, 0) is 55.0 Å². The fourth-order valence-electron chi connectivity index (χ4n) is 3.52. The number of likely N-dealkylation sites (N-methyl/N-ethyl adjacent to an activating group) is 1. The summed E-state index contributed by atoms with van der Waals surface area (Å²) in [7, 11) is 2.04. The Morgan fingerprint density at radius 2 is 1.84 bits per heavy atom. The molecule has 2 atom stereocenters. The van der Waals surface area contributed by atoms with E-state index in [0.29, 0.717) is 0 Å². The Morgan fingerprint density at radius 1 is 1.04 bits per heavy atom. The third-order valence-electron chi connectivity index (χ3n) is 4.80. The van der Waals surface area contributed by atoms with Gasteiger partial charge in [-0.2, -0.15) is 0 Å². The lowest BCUT2D eigenvalue weighted by Gasteiger charge is -2.26. The van der Waals surface area contributed by atoms with E-state index in [9.17, 15) is 0 Å². The number of benzene rings is 1. The van der Waals surface area contributed by atoms with Crippen molar-refractivity contribution in [2.24, 2.45) is 0 Å². The van der Waals surface area contributed by atoms with E-state index in [1.54, 1.807) is 0 Å². The Bertz CT molecular complexity index is 903. The number of nitrogens with zero attached hydrogens (tertiary/aromatic N) is 3. The summed E-state index contributed by atoms with van der Waals surface area (Å²) < 4.78 is 2.25. The number of rotatable bonds is 3. The Morgan fingerprint density at radius 3 is 2.60 bits per heavy atom. The number of thiocarbonyl (C=S) groups is 1. The van der Waals surface area contributed by atoms with Gasteiger partial charge in [-0.1, -0.05) is 24.3 Å². The normalized spacial score (nSPS) is 19.9. The standard InChI is InChI=1S/C20H20N4S/c1-14-8-3-4-10-16(14)24-13-7-11-17(24)19-18(22-20(25)23(19)2)15-9-5-6-12-21-15/h3-13,18-19H,1-2H3,(H,22,25). The molecule has 2 aromatic heterocycles. The van der Waals surface area contributed by atoms with Crippen LogP contribution in [0.5, 0.6) is 0 Å². The van der Waals surface area contributed by atoms with Crippen molar-refractivity contribution >= 4 is 17.3 Å². The van der Waals surface area contributed by atoms with Crippen molar-refractivity contribution in [2.45, 2.75) is 19.0 Å². The second-order valence-corrected chi connectivity index (χ2v) is 6.71. The molecule has 2 unspecified atom stereocenters. The van der Waals surface area contributed by atoms with E-state index in [2.05, 4.69) is 69.3 Å². The lowest BCUT2D eigenvalue weighted by Crippen LogP contribution is -2.26. The van der Waals surface area contributed by atoms with E-state index < -0.39 is 0 Å². The number of hydrogen-bond acceptors (Lipinski definition) is 2. The van der Waals surface area contributed by atoms with Crippen LogP contribution >= 0.6 is 12.2 Å². The van der Waals surface area contributed by atoms with Crippen molar-refractivity contribution in [2.75, 3.05) is 7.05 Å². The van der Waals surface area contributed by atoms with Crippen LogP contribution in [0.1, 0.15) is 29.0 Å². The van der Waals surface area contributed by atoms with Crippen molar-refractivity contribution in [3.05, 3.63) is 83.9 Å². The van der Waals surface area contributed by atoms with Crippen LogP contribution in [0.25, 0.3) is 5.69 Å². The zero-order chi connectivity index (χ0) is 17.4. The van der Waals surface area contributed by atoms with Crippen LogP contribution in [0.2, 0.25) is 0 Å². The minimum Gasteiger partial charge on any atom is -0.352 e. The quantitative estimate of drug-likeness (QED) is 0.730. The molecule has 0 spiro atoms. The average Bonchev–Trinajstić information content (AvgIpc) is 3.21. The number of para-hydroxylation sites is 1. The molecule has 126 valence electrons. The van der Waals surface area contributed by atoms with Gasteiger partial charge in [0.2, 0.25) is 0 Å². The highest BCUT2D eigenvalue weighted by Crippen LogP contribution is 2.38. The molecule has 1 fully saturated rings. The third kappa shape index (κ3) is 2.70. The molecule has 0 aliphatic carbocycles. The largest absolute Gasteiger partial charge is 0.352 e. The molecule has 4 nitrogen and oxygen atoms in total. The van der Waals surface area contributed by atoms with Crippen molar-refractivity contribution in [1.82, 2.24) is 19.8 Å². The van der Waals surface area contributed by atoms with Gasteiger partial charge in [0, 0.05) is 30.8 Å². The van der Waals surface area contributed by atoms with Gasteiger partial charge in [-0.3, -0.25) is 4.98 Å². The van der Waals surface area contributed by atoms with Crippen molar-refractivity contribution in [1.29, 1.82) is 0 Å². The van der Waals surface area contributed by atoms with E-state index >= 15 is 0 Å². The Balaban J connectivity index is 1.82. The summed E-state index contributed by atoms with van der Waals surface area (Å²) in [4.78, 5) is 6.68. The fraction of sp³-hybridized carbons (Fsp3) is 0.200. The maximum atomic E-state index is 5.53. The highest BCUT2D eigenvalue weighted by Gasteiger charge is 2.39. The maximum absolute atomic E-state index is 5.53. The SMILES string of the molecule is Cc1ccccc1-n1cccc1C1C(c2ccccn2)NC(=S)N1C. The molecule has 0 amide bonds. The first-order valence-corrected chi connectivity index (χ1v) is 8.75. The first-order valence-electron chi connectivity index (χ1n) is 8.34. The molecule has 0 radical (unpaired) electrons. The van der Waals surface area contributed by atoms with E-state index in [1.165, 1.54) is 16.9 Å². The Hall–Kier alpha value is -2.66. The molecule has 25 heavy (non-hydrogen) atoms. The topological polar surface area (TPSA) is 33.1 Å². The number of aryl methyl sites for hydroxylation is 1. The van der Waals surface area contributed by atoms with Gasteiger partial charge in [-0.25, -0.2) is 0 Å². The first-order chi connectivity index (χ1) is 12.2. The van der Waals surface area contributed by atoms with Crippen LogP contribution in [0, 0.1) is 6.92 Å². The van der Waals surface area contributed by atoms with Crippen LogP contribution in [0.4, 0.5) is 0 Å². The molecule has 0 saturated carbocycles. The molecule has 1 aliphatic rings. The summed E-state index contributed by atoms with van der Waals surface area (Å²) in [6, 6.07) is 18.8. The molecule has 1 aromatic carbocycles. The minimum absolute atomic E-state index is 0.0244. The van der Waals surface area contributed by atoms with Crippen LogP contribution in [-0.4, -0.2) is 26.6 Å². The van der Waals surface area contributed by atoms with Gasteiger partial charge >= 0.3 is 0 Å². The highest BCUT2D eigenvalue weighted by molar-refractivity contribution is 7.80. The maximum Gasteiger partial charge on any atom is 0.169 e. The monoisotopic (exact) mass is 348 g/mol. The minimum atomic E-state index is 0.0244. The van der Waals surface area contributed by atoms with Gasteiger partial charge in [0.15, 0.2) is 5.11 Å². The molecule has 5 heteroatoms.